The van der Waals surface area contributed by atoms with Gasteiger partial charge < -0.3 is 10.6 Å². The van der Waals surface area contributed by atoms with Crippen molar-refractivity contribution in [1.82, 2.24) is 10.2 Å². The van der Waals surface area contributed by atoms with Gasteiger partial charge >= 0.3 is 6.03 Å². The van der Waals surface area contributed by atoms with Crippen molar-refractivity contribution < 1.29 is 4.79 Å². The van der Waals surface area contributed by atoms with Crippen LogP contribution in [0.15, 0.2) is 48.5 Å². The molecule has 1 heterocycles. The summed E-state index contributed by atoms with van der Waals surface area (Å²) in [5, 5.41) is 6.80. The minimum Gasteiger partial charge on any atom is -0.338 e. The van der Waals surface area contributed by atoms with Gasteiger partial charge in [0, 0.05) is 23.8 Å². The normalized spacial score (nSPS) is 15.5. The largest absolute Gasteiger partial charge is 0.338 e. The lowest BCUT2D eigenvalue weighted by molar-refractivity contribution is 0.175. The molecular weight excluding hydrogens is 358 g/mol. The summed E-state index contributed by atoms with van der Waals surface area (Å²) >= 11 is 5.95. The van der Waals surface area contributed by atoms with Crippen molar-refractivity contribution in [1.29, 1.82) is 0 Å². The fraction of sp³-hybridized carbons (Fsp3) is 0.409. The summed E-state index contributed by atoms with van der Waals surface area (Å²) in [5.74, 6) is 0.540. The van der Waals surface area contributed by atoms with Crippen LogP contribution in [0.1, 0.15) is 30.9 Å². The molecule has 4 nitrogen and oxygen atoms in total. The molecule has 144 valence electrons. The van der Waals surface area contributed by atoms with Crippen LogP contribution in [0.2, 0.25) is 5.02 Å². The molecule has 0 unspecified atom stereocenters. The minimum atomic E-state index is -0.112. The van der Waals surface area contributed by atoms with Crippen molar-refractivity contribution in [3.05, 3.63) is 64.7 Å². The monoisotopic (exact) mass is 385 g/mol. The third-order valence-electron chi connectivity index (χ3n) is 5.22. The van der Waals surface area contributed by atoms with Crippen molar-refractivity contribution in [2.24, 2.45) is 5.92 Å². The number of amides is 2. The smallest absolute Gasteiger partial charge is 0.319 e. The van der Waals surface area contributed by atoms with Gasteiger partial charge in [0.25, 0.3) is 0 Å². The number of rotatable bonds is 6. The molecule has 1 saturated heterocycles. The van der Waals surface area contributed by atoms with Crippen LogP contribution >= 0.6 is 11.6 Å². The highest BCUT2D eigenvalue weighted by Crippen LogP contribution is 2.20. The Morgan fingerprint density at radius 2 is 1.81 bits per heavy atom. The number of urea groups is 1. The highest BCUT2D eigenvalue weighted by Gasteiger charge is 2.20. The number of carbonyl (C=O) groups is 1. The number of nitrogens with zero attached hydrogens (tertiary/aromatic N) is 1. The second kappa shape index (κ2) is 9.77. The summed E-state index contributed by atoms with van der Waals surface area (Å²) in [4.78, 5) is 14.7. The Balaban J connectivity index is 1.39. The van der Waals surface area contributed by atoms with E-state index in [9.17, 15) is 4.79 Å². The van der Waals surface area contributed by atoms with E-state index in [2.05, 4.69) is 34.6 Å². The minimum absolute atomic E-state index is 0.112. The summed E-state index contributed by atoms with van der Waals surface area (Å²) in [6.45, 7) is 5.92. The molecule has 0 saturated carbocycles. The third kappa shape index (κ3) is 5.98. The lowest BCUT2D eigenvalue weighted by Gasteiger charge is -2.32. The lowest BCUT2D eigenvalue weighted by Crippen LogP contribution is -2.39. The van der Waals surface area contributed by atoms with E-state index in [4.69, 9.17) is 11.6 Å². The van der Waals surface area contributed by atoms with E-state index in [0.29, 0.717) is 5.92 Å². The molecule has 0 spiro atoms. The summed E-state index contributed by atoms with van der Waals surface area (Å²) in [7, 11) is 0. The molecule has 0 aromatic heterocycles. The van der Waals surface area contributed by atoms with E-state index < -0.39 is 0 Å². The molecular formula is C22H28ClN3O. The Morgan fingerprint density at radius 3 is 2.52 bits per heavy atom. The number of aryl methyl sites for hydroxylation is 1. The third-order valence-corrected chi connectivity index (χ3v) is 5.48. The molecule has 0 radical (unpaired) electrons. The fourth-order valence-electron chi connectivity index (χ4n) is 3.55. The highest BCUT2D eigenvalue weighted by molar-refractivity contribution is 6.30. The predicted octanol–water partition coefficient (Wildman–Crippen LogP) is 4.94. The van der Waals surface area contributed by atoms with Gasteiger partial charge in [-0.2, -0.15) is 0 Å². The van der Waals surface area contributed by atoms with E-state index >= 15 is 0 Å². The molecule has 2 amide bonds. The molecule has 0 bridgehead atoms. The first-order chi connectivity index (χ1) is 13.1. The summed E-state index contributed by atoms with van der Waals surface area (Å²) < 4.78 is 0. The van der Waals surface area contributed by atoms with Gasteiger partial charge in [0.15, 0.2) is 0 Å². The quantitative estimate of drug-likeness (QED) is 0.739. The van der Waals surface area contributed by atoms with Gasteiger partial charge in [-0.15, -0.1) is 0 Å². The van der Waals surface area contributed by atoms with Crippen LogP contribution in [-0.4, -0.2) is 30.6 Å². The fourth-order valence-corrected chi connectivity index (χ4v) is 3.68. The number of halogens is 1. The Bertz CT molecular complexity index is 739. The number of benzene rings is 2. The zero-order chi connectivity index (χ0) is 19.1. The van der Waals surface area contributed by atoms with Gasteiger partial charge in [-0.1, -0.05) is 48.9 Å². The average Bonchev–Trinajstić information content (AvgIpc) is 2.69. The van der Waals surface area contributed by atoms with Crippen LogP contribution in [0.4, 0.5) is 10.5 Å². The Labute approximate surface area is 166 Å². The van der Waals surface area contributed by atoms with E-state index in [1.807, 2.05) is 36.4 Å². The van der Waals surface area contributed by atoms with Crippen LogP contribution in [-0.2, 0) is 13.0 Å². The molecule has 0 aliphatic carbocycles. The highest BCUT2D eigenvalue weighted by atomic mass is 35.5. The van der Waals surface area contributed by atoms with Crippen molar-refractivity contribution in [3.8, 4) is 0 Å². The topological polar surface area (TPSA) is 44.4 Å². The average molecular weight is 386 g/mol. The maximum atomic E-state index is 12.2. The van der Waals surface area contributed by atoms with Crippen LogP contribution < -0.4 is 10.6 Å². The van der Waals surface area contributed by atoms with Gasteiger partial charge in [0.2, 0.25) is 0 Å². The molecule has 27 heavy (non-hydrogen) atoms. The first kappa shape index (κ1) is 19.7. The molecule has 2 N–H and O–H groups in total. The number of para-hydroxylation sites is 1. The van der Waals surface area contributed by atoms with Crippen LogP contribution in [0.3, 0.4) is 0 Å². The molecule has 2 aromatic rings. The number of carbonyl (C=O) groups excluding carboxylic acids is 1. The van der Waals surface area contributed by atoms with Crippen molar-refractivity contribution >= 4 is 23.3 Å². The zero-order valence-corrected chi connectivity index (χ0v) is 16.6. The zero-order valence-electron chi connectivity index (χ0n) is 15.9. The van der Waals surface area contributed by atoms with E-state index in [-0.39, 0.29) is 6.03 Å². The summed E-state index contributed by atoms with van der Waals surface area (Å²) in [6, 6.07) is 15.9. The molecule has 1 fully saturated rings. The van der Waals surface area contributed by atoms with E-state index in [1.54, 1.807) is 0 Å². The number of nitrogens with one attached hydrogen (secondary N) is 2. The SMILES string of the molecule is CCc1ccccc1NC(=O)NCC1CCN(Cc2ccc(Cl)cc2)CC1. The molecule has 2 aromatic carbocycles. The first-order valence-electron chi connectivity index (χ1n) is 9.73. The van der Waals surface area contributed by atoms with Crippen molar-refractivity contribution in [3.63, 3.8) is 0 Å². The second-order valence-electron chi connectivity index (χ2n) is 7.19. The van der Waals surface area contributed by atoms with Gasteiger partial charge in [-0.25, -0.2) is 4.79 Å². The number of piperidine rings is 1. The van der Waals surface area contributed by atoms with Crippen molar-refractivity contribution in [2.45, 2.75) is 32.7 Å². The second-order valence-corrected chi connectivity index (χ2v) is 7.63. The summed E-state index contributed by atoms with van der Waals surface area (Å²) in [6.07, 6.45) is 3.13. The predicted molar refractivity (Wildman–Crippen MR) is 112 cm³/mol. The Kier molecular flexibility index (Phi) is 7.13. The molecule has 1 aliphatic heterocycles. The van der Waals surface area contributed by atoms with Gasteiger partial charge in [0.05, 0.1) is 0 Å². The lowest BCUT2D eigenvalue weighted by atomic mass is 9.96. The number of hydrogen-bond acceptors (Lipinski definition) is 2. The summed E-state index contributed by atoms with van der Waals surface area (Å²) in [5.41, 5.74) is 3.35. The number of hydrogen-bond donors (Lipinski definition) is 2. The van der Waals surface area contributed by atoms with Crippen molar-refractivity contribution in [2.75, 3.05) is 25.0 Å². The van der Waals surface area contributed by atoms with E-state index in [0.717, 1.165) is 61.7 Å². The maximum absolute atomic E-state index is 12.2. The molecule has 1 aliphatic rings. The number of anilines is 1. The molecule has 0 atom stereocenters. The maximum Gasteiger partial charge on any atom is 0.319 e. The van der Waals surface area contributed by atoms with Gasteiger partial charge in [-0.3, -0.25) is 4.90 Å². The molecule has 3 rings (SSSR count). The Hall–Kier alpha value is -2.04. The van der Waals surface area contributed by atoms with Gasteiger partial charge in [0.1, 0.15) is 0 Å². The Morgan fingerprint density at radius 1 is 1.11 bits per heavy atom. The standard InChI is InChI=1S/C22H28ClN3O/c1-2-19-5-3-4-6-21(19)25-22(27)24-15-17-11-13-26(14-12-17)16-18-7-9-20(23)10-8-18/h3-10,17H,2,11-16H2,1H3,(H2,24,25,27). The van der Waals surface area contributed by atoms with Gasteiger partial charge in [-0.05, 0) is 67.6 Å². The first-order valence-corrected chi connectivity index (χ1v) is 10.1. The number of likely N-dealkylation sites (tertiary alicyclic amines) is 1. The van der Waals surface area contributed by atoms with Crippen LogP contribution in [0.25, 0.3) is 0 Å². The van der Waals surface area contributed by atoms with E-state index in [1.165, 1.54) is 5.56 Å². The van der Waals surface area contributed by atoms with Crippen LogP contribution in [0, 0.1) is 5.92 Å². The molecule has 5 heteroatoms. The van der Waals surface area contributed by atoms with Crippen LogP contribution in [0.5, 0.6) is 0 Å².